The molecular weight excluding hydrogens is 327 g/mol. The van der Waals surface area contributed by atoms with Crippen LogP contribution < -0.4 is 5.32 Å². The van der Waals surface area contributed by atoms with Crippen molar-refractivity contribution in [2.45, 2.75) is 13.3 Å². The summed E-state index contributed by atoms with van der Waals surface area (Å²) in [4.78, 5) is 26.2. The first-order valence-electron chi connectivity index (χ1n) is 7.89. The van der Waals surface area contributed by atoms with Crippen LogP contribution in [0.25, 0.3) is 0 Å². The molecule has 0 aliphatic heterocycles. The van der Waals surface area contributed by atoms with E-state index in [0.717, 1.165) is 0 Å². The molecule has 0 aliphatic rings. The van der Waals surface area contributed by atoms with Crippen LogP contribution in [-0.2, 0) is 9.53 Å². The number of benzene rings is 1. The summed E-state index contributed by atoms with van der Waals surface area (Å²) in [5.74, 6) is -0.309. The lowest BCUT2D eigenvalue weighted by molar-refractivity contribution is -0.116. The van der Waals surface area contributed by atoms with Crippen molar-refractivity contribution in [1.82, 2.24) is 4.90 Å². The molecule has 0 radical (unpaired) electrons. The van der Waals surface area contributed by atoms with E-state index in [1.54, 1.807) is 25.0 Å². The Morgan fingerprint density at radius 2 is 1.92 bits per heavy atom. The highest BCUT2D eigenvalue weighted by atomic mass is 19.1. The minimum Gasteiger partial charge on any atom is -0.469 e. The predicted molar refractivity (Wildman–Crippen MR) is 90.9 cm³/mol. The minimum atomic E-state index is -0.371. The summed E-state index contributed by atoms with van der Waals surface area (Å²) < 4.78 is 23.1. The van der Waals surface area contributed by atoms with Gasteiger partial charge in [-0.15, -0.1) is 0 Å². The Labute approximate surface area is 145 Å². The van der Waals surface area contributed by atoms with E-state index in [1.807, 2.05) is 0 Å². The monoisotopic (exact) mass is 348 g/mol. The van der Waals surface area contributed by atoms with Gasteiger partial charge in [-0.05, 0) is 37.3 Å². The van der Waals surface area contributed by atoms with Gasteiger partial charge in [0.1, 0.15) is 11.6 Å². The van der Waals surface area contributed by atoms with Crippen LogP contribution >= 0.6 is 0 Å². The molecule has 25 heavy (non-hydrogen) atoms. The highest BCUT2D eigenvalue weighted by molar-refractivity contribution is 5.96. The van der Waals surface area contributed by atoms with E-state index < -0.39 is 0 Å². The Bertz CT molecular complexity index is 712. The number of hydrogen-bond acceptors (Lipinski definition) is 4. The van der Waals surface area contributed by atoms with Gasteiger partial charge in [0.2, 0.25) is 5.91 Å². The standard InChI is InChI=1S/C18H21FN2O4/c1-13-16(8-11-25-13)18(23)21(10-12-24-2)9-7-17(22)20-15-5-3-14(19)4-6-15/h3-6,8,11H,7,9-10,12H2,1-2H3,(H,20,22). The molecule has 7 heteroatoms. The minimum absolute atomic E-state index is 0.115. The Morgan fingerprint density at radius 3 is 2.52 bits per heavy atom. The van der Waals surface area contributed by atoms with Crippen molar-refractivity contribution in [2.75, 3.05) is 32.1 Å². The molecule has 0 atom stereocenters. The van der Waals surface area contributed by atoms with Crippen LogP contribution in [0, 0.1) is 12.7 Å². The number of carbonyl (C=O) groups is 2. The zero-order chi connectivity index (χ0) is 18.2. The number of hydrogen-bond donors (Lipinski definition) is 1. The van der Waals surface area contributed by atoms with Gasteiger partial charge in [0.05, 0.1) is 18.4 Å². The summed E-state index contributed by atoms with van der Waals surface area (Å²) >= 11 is 0. The summed E-state index contributed by atoms with van der Waals surface area (Å²) in [5, 5.41) is 2.67. The van der Waals surface area contributed by atoms with Gasteiger partial charge >= 0.3 is 0 Å². The number of furan rings is 1. The number of aryl methyl sites for hydroxylation is 1. The van der Waals surface area contributed by atoms with Gasteiger partial charge in [-0.2, -0.15) is 0 Å². The largest absolute Gasteiger partial charge is 0.469 e. The van der Waals surface area contributed by atoms with Crippen LogP contribution in [0.4, 0.5) is 10.1 Å². The highest BCUT2D eigenvalue weighted by Gasteiger charge is 2.20. The third-order valence-electron chi connectivity index (χ3n) is 3.68. The molecule has 0 unspecified atom stereocenters. The molecule has 134 valence electrons. The molecule has 1 heterocycles. The summed E-state index contributed by atoms with van der Waals surface area (Å²) in [6.07, 6.45) is 1.57. The number of halogens is 1. The average Bonchev–Trinajstić information content (AvgIpc) is 3.02. The molecule has 1 aromatic heterocycles. The highest BCUT2D eigenvalue weighted by Crippen LogP contribution is 2.13. The van der Waals surface area contributed by atoms with Crippen LogP contribution in [0.1, 0.15) is 22.5 Å². The maximum atomic E-state index is 12.9. The lowest BCUT2D eigenvalue weighted by Gasteiger charge is -2.22. The Morgan fingerprint density at radius 1 is 1.20 bits per heavy atom. The normalized spacial score (nSPS) is 10.5. The first kappa shape index (κ1) is 18.7. The van der Waals surface area contributed by atoms with Crippen molar-refractivity contribution in [2.24, 2.45) is 0 Å². The number of nitrogens with one attached hydrogen (secondary N) is 1. The molecular formula is C18H21FN2O4. The molecule has 6 nitrogen and oxygen atoms in total. The molecule has 2 amide bonds. The van der Waals surface area contributed by atoms with E-state index in [4.69, 9.17) is 9.15 Å². The van der Waals surface area contributed by atoms with Crippen molar-refractivity contribution in [3.8, 4) is 0 Å². The maximum absolute atomic E-state index is 12.9. The van der Waals surface area contributed by atoms with Crippen molar-refractivity contribution >= 4 is 17.5 Å². The zero-order valence-electron chi connectivity index (χ0n) is 14.3. The van der Waals surface area contributed by atoms with E-state index in [0.29, 0.717) is 30.2 Å². The number of carbonyl (C=O) groups excluding carboxylic acids is 2. The van der Waals surface area contributed by atoms with Gasteiger partial charge in [-0.25, -0.2) is 4.39 Å². The van der Waals surface area contributed by atoms with Crippen LogP contribution in [0.5, 0.6) is 0 Å². The van der Waals surface area contributed by atoms with Crippen LogP contribution in [0.2, 0.25) is 0 Å². The molecule has 0 bridgehead atoms. The number of anilines is 1. The fourth-order valence-electron chi connectivity index (χ4n) is 2.29. The summed E-state index contributed by atoms with van der Waals surface area (Å²) in [6.45, 7) is 2.68. The molecule has 1 aromatic carbocycles. The number of ether oxygens (including phenoxy) is 1. The second-order valence-corrected chi connectivity index (χ2v) is 5.48. The Hall–Kier alpha value is -2.67. The van der Waals surface area contributed by atoms with Gasteiger partial charge in [-0.1, -0.05) is 0 Å². The molecule has 0 saturated heterocycles. The lowest BCUT2D eigenvalue weighted by atomic mass is 10.2. The average molecular weight is 348 g/mol. The van der Waals surface area contributed by atoms with E-state index in [2.05, 4.69) is 5.32 Å². The van der Waals surface area contributed by atoms with E-state index in [1.165, 1.54) is 30.5 Å². The van der Waals surface area contributed by atoms with E-state index >= 15 is 0 Å². The molecule has 2 aromatic rings. The summed E-state index contributed by atoms with van der Waals surface area (Å²) in [6, 6.07) is 7.11. The fourth-order valence-corrected chi connectivity index (χ4v) is 2.29. The molecule has 2 rings (SSSR count). The smallest absolute Gasteiger partial charge is 0.257 e. The fraction of sp³-hybridized carbons (Fsp3) is 0.333. The van der Waals surface area contributed by atoms with E-state index in [9.17, 15) is 14.0 Å². The second kappa shape index (κ2) is 8.98. The third-order valence-corrected chi connectivity index (χ3v) is 3.68. The Balaban J connectivity index is 1.94. The number of rotatable bonds is 8. The van der Waals surface area contributed by atoms with Crippen molar-refractivity contribution < 1.29 is 23.1 Å². The molecule has 1 N–H and O–H groups in total. The van der Waals surface area contributed by atoms with Gasteiger partial charge in [0.25, 0.3) is 5.91 Å². The van der Waals surface area contributed by atoms with E-state index in [-0.39, 0.29) is 30.6 Å². The van der Waals surface area contributed by atoms with Crippen LogP contribution in [0.15, 0.2) is 41.0 Å². The summed E-state index contributed by atoms with van der Waals surface area (Å²) in [5.41, 5.74) is 0.974. The second-order valence-electron chi connectivity index (χ2n) is 5.48. The van der Waals surface area contributed by atoms with Crippen molar-refractivity contribution in [3.05, 3.63) is 53.7 Å². The molecule has 0 spiro atoms. The van der Waals surface area contributed by atoms with Crippen molar-refractivity contribution in [1.29, 1.82) is 0 Å². The van der Waals surface area contributed by atoms with Gasteiger partial charge < -0.3 is 19.4 Å². The van der Waals surface area contributed by atoms with Crippen molar-refractivity contribution in [3.63, 3.8) is 0 Å². The third kappa shape index (κ3) is 5.42. The maximum Gasteiger partial charge on any atom is 0.257 e. The number of methoxy groups -OCH3 is 1. The summed E-state index contributed by atoms with van der Waals surface area (Å²) in [7, 11) is 1.55. The van der Waals surface area contributed by atoms with Crippen LogP contribution in [0.3, 0.4) is 0 Å². The van der Waals surface area contributed by atoms with Gasteiger partial charge in [0, 0.05) is 32.3 Å². The van der Waals surface area contributed by atoms with Crippen LogP contribution in [-0.4, -0.2) is 43.5 Å². The quantitative estimate of drug-likeness (QED) is 0.796. The molecule has 0 aliphatic carbocycles. The Kier molecular flexibility index (Phi) is 6.71. The molecule has 0 saturated carbocycles. The first-order valence-corrected chi connectivity index (χ1v) is 7.89. The molecule has 0 fully saturated rings. The zero-order valence-corrected chi connectivity index (χ0v) is 14.3. The first-order chi connectivity index (χ1) is 12.0. The number of nitrogens with zero attached hydrogens (tertiary/aromatic N) is 1. The van der Waals surface area contributed by atoms with Gasteiger partial charge in [-0.3, -0.25) is 9.59 Å². The lowest BCUT2D eigenvalue weighted by Crippen LogP contribution is -2.36. The topological polar surface area (TPSA) is 71.8 Å². The SMILES string of the molecule is COCCN(CCC(=O)Nc1ccc(F)cc1)C(=O)c1ccoc1C. The predicted octanol–water partition coefficient (Wildman–Crippen LogP) is 2.84. The number of amides is 2. The van der Waals surface area contributed by atoms with Gasteiger partial charge in [0.15, 0.2) is 0 Å².